The van der Waals surface area contributed by atoms with Crippen molar-refractivity contribution in [3.05, 3.63) is 72.4 Å². The van der Waals surface area contributed by atoms with Gasteiger partial charge >= 0.3 is 5.97 Å². The number of hydrogen-bond donors (Lipinski definition) is 1. The van der Waals surface area contributed by atoms with Crippen LogP contribution in [0.1, 0.15) is 38.2 Å². The molecular weight excluding hydrogens is 404 g/mol. The number of para-hydroxylation sites is 1. The maximum absolute atomic E-state index is 13.0. The Morgan fingerprint density at radius 3 is 2.22 bits per heavy atom. The van der Waals surface area contributed by atoms with Crippen molar-refractivity contribution in [2.75, 3.05) is 0 Å². The van der Waals surface area contributed by atoms with Gasteiger partial charge in [0.25, 0.3) is 5.91 Å². The SMILES string of the molecule is CC(OC(=O)c1cc(-c2ccccc2)nn1-c1ccccc1)C(=O)NC(C)(C#N)C(C)C. The number of amides is 1. The molecule has 0 aliphatic carbocycles. The van der Waals surface area contributed by atoms with Gasteiger partial charge in [0.15, 0.2) is 11.8 Å². The van der Waals surface area contributed by atoms with E-state index in [2.05, 4.69) is 16.5 Å². The predicted molar refractivity (Wildman–Crippen MR) is 121 cm³/mol. The molecular formula is C25H26N4O3. The summed E-state index contributed by atoms with van der Waals surface area (Å²) in [7, 11) is 0. The quantitative estimate of drug-likeness (QED) is 0.568. The first-order chi connectivity index (χ1) is 15.2. The van der Waals surface area contributed by atoms with Gasteiger partial charge in [-0.25, -0.2) is 9.48 Å². The van der Waals surface area contributed by atoms with E-state index >= 15 is 0 Å². The number of hydrogen-bond acceptors (Lipinski definition) is 5. The topological polar surface area (TPSA) is 97.0 Å². The van der Waals surface area contributed by atoms with Crippen molar-refractivity contribution in [2.24, 2.45) is 5.92 Å². The molecule has 1 amide bonds. The van der Waals surface area contributed by atoms with Crippen LogP contribution in [0.3, 0.4) is 0 Å². The normalized spacial score (nSPS) is 13.6. The van der Waals surface area contributed by atoms with Crippen molar-refractivity contribution < 1.29 is 14.3 Å². The van der Waals surface area contributed by atoms with Crippen LogP contribution in [0.15, 0.2) is 66.7 Å². The van der Waals surface area contributed by atoms with Crippen LogP contribution in [0.2, 0.25) is 0 Å². The number of benzene rings is 2. The summed E-state index contributed by atoms with van der Waals surface area (Å²) in [5.41, 5.74) is 1.28. The van der Waals surface area contributed by atoms with Gasteiger partial charge in [-0.2, -0.15) is 10.4 Å². The molecule has 3 rings (SSSR count). The molecule has 1 N–H and O–H groups in total. The van der Waals surface area contributed by atoms with Gasteiger partial charge in [0.1, 0.15) is 5.54 Å². The lowest BCUT2D eigenvalue weighted by molar-refractivity contribution is -0.130. The van der Waals surface area contributed by atoms with Crippen molar-refractivity contribution >= 4 is 11.9 Å². The van der Waals surface area contributed by atoms with E-state index in [1.807, 2.05) is 74.5 Å². The van der Waals surface area contributed by atoms with Crippen molar-refractivity contribution in [3.63, 3.8) is 0 Å². The third-order valence-electron chi connectivity index (χ3n) is 5.41. The molecule has 0 saturated heterocycles. The Morgan fingerprint density at radius 1 is 1.06 bits per heavy atom. The Kier molecular flexibility index (Phi) is 6.74. The average molecular weight is 431 g/mol. The molecule has 0 fully saturated rings. The first kappa shape index (κ1) is 22.8. The van der Waals surface area contributed by atoms with E-state index in [1.165, 1.54) is 11.6 Å². The summed E-state index contributed by atoms with van der Waals surface area (Å²) in [5, 5.41) is 16.7. The molecule has 2 unspecified atom stereocenters. The number of carbonyl (C=O) groups excluding carboxylic acids is 2. The highest BCUT2D eigenvalue weighted by Gasteiger charge is 2.33. The number of nitrogens with one attached hydrogen (secondary N) is 1. The fourth-order valence-corrected chi connectivity index (χ4v) is 2.98. The summed E-state index contributed by atoms with van der Waals surface area (Å²) in [6, 6.07) is 22.5. The van der Waals surface area contributed by atoms with Gasteiger partial charge < -0.3 is 10.1 Å². The summed E-state index contributed by atoms with van der Waals surface area (Å²) >= 11 is 0. The van der Waals surface area contributed by atoms with Gasteiger partial charge in [0, 0.05) is 5.56 Å². The Labute approximate surface area is 187 Å². The highest BCUT2D eigenvalue weighted by molar-refractivity contribution is 5.92. The molecule has 1 heterocycles. The zero-order chi connectivity index (χ0) is 23.3. The smallest absolute Gasteiger partial charge is 0.357 e. The zero-order valence-corrected chi connectivity index (χ0v) is 18.6. The minimum atomic E-state index is -1.09. The zero-order valence-electron chi connectivity index (χ0n) is 18.6. The number of rotatable bonds is 7. The van der Waals surface area contributed by atoms with Crippen molar-refractivity contribution in [2.45, 2.75) is 39.3 Å². The van der Waals surface area contributed by atoms with Crippen LogP contribution in [0.5, 0.6) is 0 Å². The average Bonchev–Trinajstić information content (AvgIpc) is 3.25. The standard InChI is InChI=1S/C25H26N4O3/c1-17(2)25(4,16-26)27-23(30)18(3)32-24(31)22-15-21(19-11-7-5-8-12-19)28-29(22)20-13-9-6-10-14-20/h5-15,17-18H,1-4H3,(H,27,30). The number of nitrogens with zero attached hydrogens (tertiary/aromatic N) is 3. The summed E-state index contributed by atoms with van der Waals surface area (Å²) < 4.78 is 6.96. The van der Waals surface area contributed by atoms with Gasteiger partial charge in [-0.05, 0) is 38.0 Å². The molecule has 32 heavy (non-hydrogen) atoms. The number of carbonyl (C=O) groups is 2. The van der Waals surface area contributed by atoms with E-state index in [0.29, 0.717) is 11.4 Å². The molecule has 0 bridgehead atoms. The largest absolute Gasteiger partial charge is 0.448 e. The molecule has 0 spiro atoms. The summed E-state index contributed by atoms with van der Waals surface area (Å²) in [6.07, 6.45) is -1.09. The third kappa shape index (κ3) is 4.86. The van der Waals surface area contributed by atoms with Crippen LogP contribution in [0, 0.1) is 17.2 Å². The maximum atomic E-state index is 13.0. The Morgan fingerprint density at radius 2 is 1.66 bits per heavy atom. The predicted octanol–water partition coefficient (Wildman–Crippen LogP) is 4.14. The molecule has 7 heteroatoms. The number of esters is 1. The first-order valence-corrected chi connectivity index (χ1v) is 10.4. The van der Waals surface area contributed by atoms with E-state index in [1.54, 1.807) is 13.0 Å². The van der Waals surface area contributed by atoms with Crippen LogP contribution in [-0.4, -0.2) is 33.3 Å². The summed E-state index contributed by atoms with van der Waals surface area (Å²) in [6.45, 7) is 6.79. The fraction of sp³-hybridized carbons (Fsp3) is 0.280. The van der Waals surface area contributed by atoms with Gasteiger partial charge in [-0.15, -0.1) is 0 Å². The molecule has 0 aliphatic heterocycles. The monoisotopic (exact) mass is 430 g/mol. The third-order valence-corrected chi connectivity index (χ3v) is 5.41. The Bertz CT molecular complexity index is 1130. The molecule has 2 aromatic carbocycles. The highest BCUT2D eigenvalue weighted by atomic mass is 16.5. The molecule has 1 aromatic heterocycles. The summed E-state index contributed by atoms with van der Waals surface area (Å²) in [5.74, 6) is -1.34. The van der Waals surface area contributed by atoms with Crippen LogP contribution in [0.4, 0.5) is 0 Å². The second-order valence-corrected chi connectivity index (χ2v) is 8.03. The van der Waals surface area contributed by atoms with E-state index in [-0.39, 0.29) is 11.6 Å². The lowest BCUT2D eigenvalue weighted by atomic mass is 9.90. The van der Waals surface area contributed by atoms with E-state index in [0.717, 1.165) is 5.56 Å². The second kappa shape index (κ2) is 9.48. The van der Waals surface area contributed by atoms with Gasteiger partial charge in [0.05, 0.1) is 17.5 Å². The second-order valence-electron chi connectivity index (χ2n) is 8.03. The van der Waals surface area contributed by atoms with Crippen LogP contribution in [0.25, 0.3) is 16.9 Å². The molecule has 2 atom stereocenters. The van der Waals surface area contributed by atoms with Gasteiger partial charge in [0.2, 0.25) is 0 Å². The van der Waals surface area contributed by atoms with Crippen LogP contribution >= 0.6 is 0 Å². The maximum Gasteiger partial charge on any atom is 0.357 e. The minimum absolute atomic E-state index is 0.118. The van der Waals surface area contributed by atoms with Gasteiger partial charge in [-0.3, -0.25) is 4.79 Å². The Balaban J connectivity index is 1.88. The Hall–Kier alpha value is -3.92. The molecule has 7 nitrogen and oxygen atoms in total. The number of aromatic nitrogens is 2. The van der Waals surface area contributed by atoms with Crippen molar-refractivity contribution in [1.29, 1.82) is 5.26 Å². The molecule has 0 aliphatic rings. The minimum Gasteiger partial charge on any atom is -0.448 e. The molecule has 3 aromatic rings. The molecule has 164 valence electrons. The number of ether oxygens (including phenoxy) is 1. The fourth-order valence-electron chi connectivity index (χ4n) is 2.98. The summed E-state index contributed by atoms with van der Waals surface area (Å²) in [4.78, 5) is 25.6. The first-order valence-electron chi connectivity index (χ1n) is 10.4. The van der Waals surface area contributed by atoms with Crippen molar-refractivity contribution in [1.82, 2.24) is 15.1 Å². The molecule has 0 radical (unpaired) electrons. The van der Waals surface area contributed by atoms with E-state index < -0.39 is 23.5 Å². The van der Waals surface area contributed by atoms with E-state index in [9.17, 15) is 14.9 Å². The number of nitriles is 1. The van der Waals surface area contributed by atoms with Gasteiger partial charge in [-0.1, -0.05) is 62.4 Å². The molecule has 0 saturated carbocycles. The lowest BCUT2D eigenvalue weighted by Crippen LogP contribution is -2.52. The van der Waals surface area contributed by atoms with Crippen molar-refractivity contribution in [3.8, 4) is 23.0 Å². The van der Waals surface area contributed by atoms with Crippen LogP contribution in [-0.2, 0) is 9.53 Å². The highest BCUT2D eigenvalue weighted by Crippen LogP contribution is 2.23. The van der Waals surface area contributed by atoms with E-state index in [4.69, 9.17) is 4.74 Å². The van der Waals surface area contributed by atoms with Crippen LogP contribution < -0.4 is 5.32 Å². The lowest BCUT2D eigenvalue weighted by Gasteiger charge is -2.28.